The maximum Gasteiger partial charge on any atom is 0.259 e. The fourth-order valence-corrected chi connectivity index (χ4v) is 0.986. The van der Waals surface area contributed by atoms with E-state index < -0.39 is 5.82 Å². The monoisotopic (exact) mass is 237 g/mol. The van der Waals surface area contributed by atoms with Gasteiger partial charge in [-0.1, -0.05) is 0 Å². The van der Waals surface area contributed by atoms with Gasteiger partial charge in [0.05, 0.1) is 0 Å². The molecule has 0 aromatic carbocycles. The van der Waals surface area contributed by atoms with Gasteiger partial charge >= 0.3 is 0 Å². The molecule has 0 fully saturated rings. The number of hydrogen-bond acceptors (Lipinski definition) is 2. The molecule has 1 N–H and O–H groups in total. The van der Waals surface area contributed by atoms with Crippen LogP contribution in [0.25, 0.3) is 0 Å². The first kappa shape index (κ1) is 11.3. The van der Waals surface area contributed by atoms with Crippen molar-refractivity contribution in [3.8, 4) is 0 Å². The molecule has 0 aliphatic carbocycles. The van der Waals surface area contributed by atoms with Crippen LogP contribution in [0.3, 0.4) is 0 Å². The second-order valence-corrected chi connectivity index (χ2v) is 2.70. The van der Waals surface area contributed by atoms with Crippen LogP contribution >= 0.6 is 15.9 Å². The van der Waals surface area contributed by atoms with E-state index in [1.54, 1.807) is 0 Å². The van der Waals surface area contributed by atoms with Crippen molar-refractivity contribution in [1.29, 1.82) is 0 Å². The average Bonchev–Trinajstić information content (AvgIpc) is 2.12. The van der Waals surface area contributed by atoms with Crippen LogP contribution in [-0.2, 0) is 0 Å². The van der Waals surface area contributed by atoms with E-state index in [9.17, 15) is 9.60 Å². The molecule has 1 rings (SSSR count). The van der Waals surface area contributed by atoms with Crippen LogP contribution < -0.4 is 4.73 Å². The molecule has 0 unspecified atom stereocenters. The van der Waals surface area contributed by atoms with Crippen molar-refractivity contribution in [2.75, 3.05) is 7.11 Å². The average molecular weight is 238 g/mol. The van der Waals surface area contributed by atoms with Crippen LogP contribution in [0, 0.1) is 17.9 Å². The van der Waals surface area contributed by atoms with Crippen molar-refractivity contribution in [1.82, 2.24) is 0 Å². The third-order valence-electron chi connectivity index (χ3n) is 1.21. The van der Waals surface area contributed by atoms with Gasteiger partial charge in [0.25, 0.3) is 4.60 Å². The summed E-state index contributed by atoms with van der Waals surface area (Å²) in [5.41, 5.74) is 0.0781. The normalized spacial score (nSPS) is 8.75. The van der Waals surface area contributed by atoms with Crippen molar-refractivity contribution in [2.45, 2.75) is 6.92 Å². The highest BCUT2D eigenvalue weighted by molar-refractivity contribution is 9.10. The van der Waals surface area contributed by atoms with Gasteiger partial charge in [0.1, 0.15) is 0 Å². The number of aliphatic hydroxyl groups excluding tert-OH is 1. The number of aliphatic hydroxyl groups is 1. The summed E-state index contributed by atoms with van der Waals surface area (Å²) in [5, 5.41) is 17.8. The van der Waals surface area contributed by atoms with Crippen molar-refractivity contribution in [2.24, 2.45) is 0 Å². The van der Waals surface area contributed by atoms with E-state index in [0.29, 0.717) is 9.33 Å². The van der Waals surface area contributed by atoms with E-state index >= 15 is 0 Å². The van der Waals surface area contributed by atoms with E-state index in [1.165, 1.54) is 19.1 Å². The summed E-state index contributed by atoms with van der Waals surface area (Å²) >= 11 is 2.96. The quantitative estimate of drug-likeness (QED) is 0.418. The number of pyridine rings is 1. The highest BCUT2D eigenvalue weighted by Crippen LogP contribution is 2.06. The highest BCUT2D eigenvalue weighted by Gasteiger charge is 2.08. The zero-order valence-corrected chi connectivity index (χ0v) is 8.30. The van der Waals surface area contributed by atoms with Crippen LogP contribution in [0.15, 0.2) is 16.7 Å². The smallest absolute Gasteiger partial charge is 0.259 e. The molecular weight excluding hydrogens is 229 g/mol. The molecule has 1 heterocycles. The lowest BCUT2D eigenvalue weighted by molar-refractivity contribution is -0.625. The van der Waals surface area contributed by atoms with Crippen LogP contribution in [0.5, 0.6) is 0 Å². The van der Waals surface area contributed by atoms with Gasteiger partial charge in [-0.25, -0.2) is 4.39 Å². The number of nitrogens with zero attached hydrogens (tertiary/aromatic N) is 1. The molecule has 0 atom stereocenters. The molecule has 0 bridgehead atoms. The minimum atomic E-state index is -0.488. The summed E-state index contributed by atoms with van der Waals surface area (Å²) in [6.45, 7) is 1.42. The maximum absolute atomic E-state index is 12.5. The Morgan fingerprint density at radius 3 is 2.42 bits per heavy atom. The molecule has 0 saturated heterocycles. The lowest BCUT2D eigenvalue weighted by Crippen LogP contribution is -2.32. The number of halogens is 2. The van der Waals surface area contributed by atoms with E-state index in [4.69, 9.17) is 5.11 Å². The van der Waals surface area contributed by atoms with E-state index in [-0.39, 0.29) is 5.69 Å². The first-order chi connectivity index (χ1) is 5.63. The number of rotatable bonds is 0. The predicted octanol–water partition coefficient (Wildman–Crippen LogP) is 1.14. The van der Waals surface area contributed by atoms with Gasteiger partial charge in [-0.3, -0.25) is 0 Å². The Labute approximate surface area is 78.2 Å². The Morgan fingerprint density at radius 2 is 2.00 bits per heavy atom. The summed E-state index contributed by atoms with van der Waals surface area (Å²) in [7, 11) is 1.00. The molecule has 12 heavy (non-hydrogen) atoms. The Hall–Kier alpha value is -0.680. The van der Waals surface area contributed by atoms with E-state index in [1.807, 2.05) is 0 Å². The van der Waals surface area contributed by atoms with Crippen molar-refractivity contribution in [3.05, 3.63) is 33.5 Å². The van der Waals surface area contributed by atoms with E-state index in [0.717, 1.165) is 7.11 Å². The molecule has 1 aromatic heterocycles. The Morgan fingerprint density at radius 1 is 1.50 bits per heavy atom. The van der Waals surface area contributed by atoms with Crippen LogP contribution in [0.4, 0.5) is 4.39 Å². The molecule has 0 aliphatic rings. The van der Waals surface area contributed by atoms with Gasteiger partial charge in [0.15, 0.2) is 5.82 Å². The lowest BCUT2D eigenvalue weighted by Gasteiger charge is -2.01. The molecule has 68 valence electrons. The van der Waals surface area contributed by atoms with Crippen LogP contribution in [-0.4, -0.2) is 12.2 Å². The number of hydrogen-bond donors (Lipinski definition) is 1. The van der Waals surface area contributed by atoms with Crippen LogP contribution in [0.1, 0.15) is 5.69 Å². The topological polar surface area (TPSA) is 47.2 Å². The Kier molecular flexibility index (Phi) is 4.77. The summed E-state index contributed by atoms with van der Waals surface area (Å²) < 4.78 is 13.3. The molecule has 0 aliphatic heterocycles. The largest absolute Gasteiger partial charge is 0.618 e. The molecular formula is C7H9BrFNO2. The van der Waals surface area contributed by atoms with Gasteiger partial charge in [-0.05, 0) is 6.07 Å². The zero-order chi connectivity index (χ0) is 9.72. The maximum atomic E-state index is 12.5. The fraction of sp³-hybridized carbons (Fsp3) is 0.286. The molecule has 1 aromatic rings. The first-order valence-corrected chi connectivity index (χ1v) is 3.91. The molecule has 0 spiro atoms. The van der Waals surface area contributed by atoms with Gasteiger partial charge < -0.3 is 10.3 Å². The van der Waals surface area contributed by atoms with Gasteiger partial charge in [0, 0.05) is 36.0 Å². The number of aromatic nitrogens is 1. The molecule has 5 heteroatoms. The van der Waals surface area contributed by atoms with Crippen LogP contribution in [0.2, 0.25) is 0 Å². The van der Waals surface area contributed by atoms with Gasteiger partial charge in [-0.15, -0.1) is 0 Å². The van der Waals surface area contributed by atoms with E-state index in [2.05, 4.69) is 15.9 Å². The highest BCUT2D eigenvalue weighted by atomic mass is 79.9. The summed E-state index contributed by atoms with van der Waals surface area (Å²) in [5.74, 6) is -0.488. The van der Waals surface area contributed by atoms with Crippen molar-refractivity contribution >= 4 is 15.9 Å². The second-order valence-electron chi connectivity index (χ2n) is 1.88. The Bertz CT molecular complexity index is 241. The third-order valence-corrected chi connectivity index (χ3v) is 1.80. The van der Waals surface area contributed by atoms with Gasteiger partial charge in [0.2, 0.25) is 5.69 Å². The SMILES string of the molecule is CO.Cc1c(F)ccc(Br)[n+]1[O-]. The van der Waals surface area contributed by atoms with Crippen molar-refractivity contribution < 1.29 is 14.2 Å². The lowest BCUT2D eigenvalue weighted by atomic mass is 10.4. The predicted molar refractivity (Wildman–Crippen MR) is 45.9 cm³/mol. The Balaban J connectivity index is 0.000000561. The first-order valence-electron chi connectivity index (χ1n) is 3.12. The summed E-state index contributed by atoms with van der Waals surface area (Å²) in [6, 6.07) is 2.61. The minimum absolute atomic E-state index is 0.0781. The van der Waals surface area contributed by atoms with Crippen molar-refractivity contribution in [3.63, 3.8) is 0 Å². The van der Waals surface area contributed by atoms with Gasteiger partial charge in [-0.2, -0.15) is 4.73 Å². The summed E-state index contributed by atoms with van der Waals surface area (Å²) in [6.07, 6.45) is 0. The third kappa shape index (κ3) is 2.42. The molecule has 0 saturated carbocycles. The zero-order valence-electron chi connectivity index (χ0n) is 6.71. The standard InChI is InChI=1S/C6H5BrFNO.CH4O/c1-4-5(8)2-3-6(7)9(4)10;1-2/h2-3H,1H3;2H,1H3. The minimum Gasteiger partial charge on any atom is -0.618 e. The second kappa shape index (κ2) is 5.05. The molecule has 0 amide bonds. The summed E-state index contributed by atoms with van der Waals surface area (Å²) in [4.78, 5) is 0. The molecule has 3 nitrogen and oxygen atoms in total. The molecule has 0 radical (unpaired) electrons. The fourth-order valence-electron chi connectivity index (χ4n) is 0.587.